The molecule has 0 bridgehead atoms. The summed E-state index contributed by atoms with van der Waals surface area (Å²) in [6, 6.07) is 7.61. The van der Waals surface area contributed by atoms with Gasteiger partial charge >= 0.3 is 5.97 Å². The van der Waals surface area contributed by atoms with E-state index in [-0.39, 0.29) is 11.3 Å². The highest BCUT2D eigenvalue weighted by Crippen LogP contribution is 2.18. The lowest BCUT2D eigenvalue weighted by atomic mass is 10.2. The van der Waals surface area contributed by atoms with Crippen molar-refractivity contribution in [3.8, 4) is 5.69 Å². The van der Waals surface area contributed by atoms with Crippen LogP contribution in [-0.2, 0) is 0 Å². The van der Waals surface area contributed by atoms with Crippen LogP contribution >= 0.6 is 15.9 Å². The molecule has 0 aliphatic rings. The summed E-state index contributed by atoms with van der Waals surface area (Å²) in [5, 5.41) is 12.7. The van der Waals surface area contributed by atoms with Crippen molar-refractivity contribution in [2.24, 2.45) is 0 Å². The maximum atomic E-state index is 11.7. The average Bonchev–Trinajstić information content (AvgIpc) is 2.33. The van der Waals surface area contributed by atoms with Gasteiger partial charge in [-0.15, -0.1) is 0 Å². The molecule has 0 atom stereocenters. The standard InChI is InChI=1S/C12H9BrN2O3/c1-7-6-8(2-3-9(7)13)15-11(16)5-4-10(14-15)12(17)18/h2-6H,1H3,(H,17,18). The molecule has 1 N–H and O–H groups in total. The van der Waals surface area contributed by atoms with Crippen molar-refractivity contribution in [2.45, 2.75) is 6.92 Å². The fourth-order valence-corrected chi connectivity index (χ4v) is 1.72. The molecule has 5 nitrogen and oxygen atoms in total. The second kappa shape index (κ2) is 4.73. The van der Waals surface area contributed by atoms with Crippen LogP contribution < -0.4 is 5.56 Å². The number of halogens is 1. The Morgan fingerprint density at radius 2 is 2.06 bits per heavy atom. The van der Waals surface area contributed by atoms with Gasteiger partial charge in [-0.25, -0.2) is 4.79 Å². The topological polar surface area (TPSA) is 72.2 Å². The second-order valence-electron chi connectivity index (χ2n) is 3.71. The second-order valence-corrected chi connectivity index (χ2v) is 4.56. The summed E-state index contributed by atoms with van der Waals surface area (Å²) in [5.41, 5.74) is 0.919. The van der Waals surface area contributed by atoms with E-state index in [2.05, 4.69) is 21.0 Å². The Morgan fingerprint density at radius 3 is 2.67 bits per heavy atom. The zero-order valence-corrected chi connectivity index (χ0v) is 11.0. The lowest BCUT2D eigenvalue weighted by Gasteiger charge is -2.06. The molecule has 0 spiro atoms. The van der Waals surface area contributed by atoms with Crippen LogP contribution in [0.3, 0.4) is 0 Å². The van der Waals surface area contributed by atoms with Crippen LogP contribution in [0.5, 0.6) is 0 Å². The minimum atomic E-state index is -1.17. The monoisotopic (exact) mass is 308 g/mol. The summed E-state index contributed by atoms with van der Waals surface area (Å²) < 4.78 is 1.98. The van der Waals surface area contributed by atoms with Crippen LogP contribution in [0.2, 0.25) is 0 Å². The predicted molar refractivity (Wildman–Crippen MR) is 69.2 cm³/mol. The van der Waals surface area contributed by atoms with Crippen LogP contribution in [0.1, 0.15) is 16.1 Å². The number of carboxylic acids is 1. The third-order valence-corrected chi connectivity index (χ3v) is 3.30. The Kier molecular flexibility index (Phi) is 3.29. The van der Waals surface area contributed by atoms with Gasteiger partial charge in [0.15, 0.2) is 5.69 Å². The van der Waals surface area contributed by atoms with Gasteiger partial charge in [0.2, 0.25) is 0 Å². The Bertz CT molecular complexity index is 679. The molecule has 6 heteroatoms. The van der Waals surface area contributed by atoms with Crippen molar-refractivity contribution in [3.05, 3.63) is 56.4 Å². The molecule has 0 amide bonds. The van der Waals surface area contributed by atoms with Crippen molar-refractivity contribution in [3.63, 3.8) is 0 Å². The molecule has 2 aromatic rings. The van der Waals surface area contributed by atoms with Crippen molar-refractivity contribution in [1.29, 1.82) is 0 Å². The number of carboxylic acid groups (broad SMARTS) is 1. The smallest absolute Gasteiger partial charge is 0.356 e. The van der Waals surface area contributed by atoms with Crippen molar-refractivity contribution in [1.82, 2.24) is 9.78 Å². The van der Waals surface area contributed by atoms with E-state index in [1.165, 1.54) is 12.1 Å². The van der Waals surface area contributed by atoms with Crippen LogP contribution in [0.4, 0.5) is 0 Å². The summed E-state index contributed by atoms with van der Waals surface area (Å²) in [6.45, 7) is 1.87. The van der Waals surface area contributed by atoms with Gasteiger partial charge in [-0.2, -0.15) is 9.78 Å². The Labute approximate surface area is 111 Å². The first-order valence-corrected chi connectivity index (χ1v) is 5.88. The molecule has 0 radical (unpaired) electrons. The Balaban J connectivity index is 2.62. The molecule has 0 saturated carbocycles. The molecule has 0 aliphatic heterocycles. The van der Waals surface area contributed by atoms with E-state index >= 15 is 0 Å². The van der Waals surface area contributed by atoms with E-state index in [0.29, 0.717) is 5.69 Å². The number of hydrogen-bond acceptors (Lipinski definition) is 3. The molecule has 92 valence electrons. The molecule has 1 aromatic carbocycles. The zero-order valence-electron chi connectivity index (χ0n) is 9.42. The number of benzene rings is 1. The van der Waals surface area contributed by atoms with Gasteiger partial charge in [0.05, 0.1) is 5.69 Å². The number of rotatable bonds is 2. The fourth-order valence-electron chi connectivity index (χ4n) is 1.47. The highest BCUT2D eigenvalue weighted by Gasteiger charge is 2.09. The van der Waals surface area contributed by atoms with Gasteiger partial charge in [0.25, 0.3) is 5.56 Å². The van der Waals surface area contributed by atoms with Crippen molar-refractivity contribution >= 4 is 21.9 Å². The summed E-state index contributed by atoms with van der Waals surface area (Å²) in [4.78, 5) is 22.5. The number of aromatic nitrogens is 2. The molecule has 2 rings (SSSR count). The van der Waals surface area contributed by atoms with Crippen LogP contribution in [0.15, 0.2) is 39.6 Å². The number of nitrogens with zero attached hydrogens (tertiary/aromatic N) is 2. The average molecular weight is 309 g/mol. The van der Waals surface area contributed by atoms with E-state index in [1.54, 1.807) is 18.2 Å². The molecule has 0 unspecified atom stereocenters. The van der Waals surface area contributed by atoms with Gasteiger partial charge in [0.1, 0.15) is 0 Å². The van der Waals surface area contributed by atoms with Gasteiger partial charge in [-0.3, -0.25) is 4.79 Å². The summed E-state index contributed by atoms with van der Waals surface area (Å²) in [7, 11) is 0. The molecule has 0 saturated heterocycles. The minimum Gasteiger partial charge on any atom is -0.476 e. The van der Waals surface area contributed by atoms with E-state index in [1.807, 2.05) is 6.92 Å². The van der Waals surface area contributed by atoms with Crippen molar-refractivity contribution < 1.29 is 9.90 Å². The Hall–Kier alpha value is -1.95. The van der Waals surface area contributed by atoms with Crippen molar-refractivity contribution in [2.75, 3.05) is 0 Å². The maximum absolute atomic E-state index is 11.7. The van der Waals surface area contributed by atoms with Crippen LogP contribution in [-0.4, -0.2) is 20.9 Å². The Morgan fingerprint density at radius 1 is 1.33 bits per heavy atom. The number of aromatic carboxylic acids is 1. The van der Waals surface area contributed by atoms with E-state index in [4.69, 9.17) is 5.11 Å². The lowest BCUT2D eigenvalue weighted by Crippen LogP contribution is -2.22. The largest absolute Gasteiger partial charge is 0.476 e. The highest BCUT2D eigenvalue weighted by atomic mass is 79.9. The molecule has 0 aliphatic carbocycles. The van der Waals surface area contributed by atoms with E-state index in [9.17, 15) is 9.59 Å². The van der Waals surface area contributed by atoms with Gasteiger partial charge in [-0.1, -0.05) is 15.9 Å². The molecular formula is C12H9BrN2O3. The maximum Gasteiger partial charge on any atom is 0.356 e. The first-order valence-electron chi connectivity index (χ1n) is 5.09. The first-order chi connectivity index (χ1) is 8.49. The molecule has 1 aromatic heterocycles. The summed E-state index contributed by atoms with van der Waals surface area (Å²) >= 11 is 3.36. The van der Waals surface area contributed by atoms with Gasteiger partial charge in [0, 0.05) is 10.5 Å². The number of carbonyl (C=O) groups is 1. The third kappa shape index (κ3) is 2.33. The predicted octanol–water partition coefficient (Wildman–Crippen LogP) is 2.00. The normalized spacial score (nSPS) is 10.3. The molecule has 18 heavy (non-hydrogen) atoms. The quantitative estimate of drug-likeness (QED) is 0.921. The first kappa shape index (κ1) is 12.5. The van der Waals surface area contributed by atoms with Gasteiger partial charge < -0.3 is 5.11 Å². The van der Waals surface area contributed by atoms with E-state index in [0.717, 1.165) is 14.7 Å². The molecule has 1 heterocycles. The minimum absolute atomic E-state index is 0.171. The number of aryl methyl sites for hydroxylation is 1. The SMILES string of the molecule is Cc1cc(-n2nc(C(=O)O)ccc2=O)ccc1Br. The fraction of sp³-hybridized carbons (Fsp3) is 0.0833. The van der Waals surface area contributed by atoms with Crippen LogP contribution in [0.25, 0.3) is 5.69 Å². The third-order valence-electron chi connectivity index (χ3n) is 2.41. The zero-order chi connectivity index (χ0) is 13.3. The lowest BCUT2D eigenvalue weighted by molar-refractivity contribution is 0.0688. The molecule has 0 fully saturated rings. The summed E-state index contributed by atoms with van der Waals surface area (Å²) in [5.74, 6) is -1.17. The van der Waals surface area contributed by atoms with Gasteiger partial charge in [-0.05, 0) is 36.8 Å². The molecular weight excluding hydrogens is 300 g/mol. The number of hydrogen-bond donors (Lipinski definition) is 1. The summed E-state index contributed by atoms with van der Waals surface area (Å²) in [6.07, 6.45) is 0. The van der Waals surface area contributed by atoms with E-state index < -0.39 is 5.97 Å². The van der Waals surface area contributed by atoms with Crippen LogP contribution in [0, 0.1) is 6.92 Å². The highest BCUT2D eigenvalue weighted by molar-refractivity contribution is 9.10.